The lowest BCUT2D eigenvalue weighted by Gasteiger charge is -2.50. The van der Waals surface area contributed by atoms with E-state index in [1.165, 1.54) is 12.0 Å². The number of piperidine rings is 1. The SMILES string of the molecule is C.C=CCC(CC=C)C(=O)OC[C@H](CN1CC2CCCC(C1=O)N2C(=O)C(=O)C1(COC(=O)COC)CCCC1)OCc1ccccc1. The third-order valence-electron chi connectivity index (χ3n) is 9.41. The van der Waals surface area contributed by atoms with E-state index in [4.69, 9.17) is 18.9 Å². The Hall–Kier alpha value is -3.83. The van der Waals surface area contributed by atoms with Gasteiger partial charge in [-0.3, -0.25) is 19.2 Å². The van der Waals surface area contributed by atoms with Crippen LogP contribution in [0.3, 0.4) is 0 Å². The lowest BCUT2D eigenvalue weighted by Crippen LogP contribution is -2.67. The van der Waals surface area contributed by atoms with Gasteiger partial charge in [-0.25, -0.2) is 4.79 Å². The Balaban J connectivity index is 0.00000625. The molecule has 4 rings (SSSR count). The summed E-state index contributed by atoms with van der Waals surface area (Å²) in [7, 11) is 1.38. The molecule has 1 aliphatic carbocycles. The first-order chi connectivity index (χ1) is 22.7. The summed E-state index contributed by atoms with van der Waals surface area (Å²) in [5.74, 6) is -2.92. The molecule has 0 radical (unpaired) electrons. The van der Waals surface area contributed by atoms with E-state index < -0.39 is 41.1 Å². The number of nitrogens with zero attached hydrogens (tertiary/aromatic N) is 2. The number of esters is 2. The summed E-state index contributed by atoms with van der Waals surface area (Å²) in [6.45, 7) is 7.65. The number of ether oxygens (including phenoxy) is 4. The molecule has 2 amide bonds. The minimum Gasteiger partial charge on any atom is -0.463 e. The number of carbonyl (C=O) groups excluding carboxylic acids is 5. The van der Waals surface area contributed by atoms with E-state index in [1.54, 1.807) is 17.1 Å². The Bertz CT molecular complexity index is 1270. The van der Waals surface area contributed by atoms with Crippen LogP contribution in [-0.2, 0) is 49.5 Å². The number of rotatable bonds is 18. The van der Waals surface area contributed by atoms with E-state index in [0.29, 0.717) is 38.5 Å². The fraction of sp³-hybridized carbons (Fsp3) is 0.595. The second-order valence-electron chi connectivity index (χ2n) is 12.8. The summed E-state index contributed by atoms with van der Waals surface area (Å²) in [4.78, 5) is 69.7. The summed E-state index contributed by atoms with van der Waals surface area (Å²) in [6.07, 6.45) is 7.85. The number of hydrogen-bond acceptors (Lipinski definition) is 9. The summed E-state index contributed by atoms with van der Waals surface area (Å²) < 4.78 is 22.1. The molecule has 1 aromatic rings. The van der Waals surface area contributed by atoms with E-state index in [1.807, 2.05) is 30.3 Å². The molecule has 48 heavy (non-hydrogen) atoms. The normalized spacial score (nSPS) is 20.4. The summed E-state index contributed by atoms with van der Waals surface area (Å²) in [6, 6.07) is 8.46. The van der Waals surface area contributed by atoms with Gasteiger partial charge in [-0.1, -0.05) is 62.8 Å². The van der Waals surface area contributed by atoms with Gasteiger partial charge >= 0.3 is 11.9 Å². The number of benzene rings is 1. The van der Waals surface area contributed by atoms with Crippen LogP contribution >= 0.6 is 0 Å². The first-order valence-corrected chi connectivity index (χ1v) is 16.6. The van der Waals surface area contributed by atoms with Crippen molar-refractivity contribution >= 4 is 29.5 Å². The van der Waals surface area contributed by atoms with Gasteiger partial charge in [0, 0.05) is 13.7 Å². The zero-order valence-electron chi connectivity index (χ0n) is 27.4. The Morgan fingerprint density at radius 2 is 1.69 bits per heavy atom. The molecular weight excluding hydrogens is 616 g/mol. The van der Waals surface area contributed by atoms with E-state index in [2.05, 4.69) is 13.2 Å². The van der Waals surface area contributed by atoms with Crippen molar-refractivity contribution in [1.82, 2.24) is 9.80 Å². The van der Waals surface area contributed by atoms with Crippen molar-refractivity contribution in [1.29, 1.82) is 0 Å². The van der Waals surface area contributed by atoms with Crippen LogP contribution in [0.25, 0.3) is 0 Å². The Labute approximate surface area is 284 Å². The van der Waals surface area contributed by atoms with Crippen LogP contribution < -0.4 is 0 Å². The van der Waals surface area contributed by atoms with Crippen LogP contribution in [0.5, 0.6) is 0 Å². The van der Waals surface area contributed by atoms with Gasteiger partial charge in [0.1, 0.15) is 32.0 Å². The number of hydrogen-bond donors (Lipinski definition) is 0. The third kappa shape index (κ3) is 9.63. The molecule has 2 unspecified atom stereocenters. The average molecular weight is 669 g/mol. The molecule has 2 heterocycles. The van der Waals surface area contributed by atoms with Gasteiger partial charge in [0.25, 0.3) is 5.91 Å². The molecule has 264 valence electrons. The molecule has 11 nitrogen and oxygen atoms in total. The number of methoxy groups -OCH3 is 1. The second kappa shape index (κ2) is 18.6. The Morgan fingerprint density at radius 1 is 1.00 bits per heavy atom. The number of Topliss-reactive ketones (excluding diaryl/α,β-unsaturated/α-hetero) is 1. The maximum atomic E-state index is 13.9. The smallest absolute Gasteiger partial charge is 0.332 e. The van der Waals surface area contributed by atoms with Gasteiger partial charge in [-0.05, 0) is 50.5 Å². The maximum Gasteiger partial charge on any atom is 0.332 e. The fourth-order valence-electron chi connectivity index (χ4n) is 6.91. The standard InChI is InChI=1S/C36H48N2O9.CH4/c1-4-12-27(13-5-2)35(43)46-23-29(45-22-26-14-7-6-8-15-26)21-37-20-28-16-11-17-30(33(37)41)38(28)34(42)32(40)36(18-9-10-19-36)25-47-31(39)24-44-3;/h4-8,14-15,27-30H,1-2,9-13,16-25H2,3H3;1H4/t28?,29-,30?;/m0./s1. The Kier molecular flexibility index (Phi) is 15.0. The highest BCUT2D eigenvalue weighted by Crippen LogP contribution is 2.41. The summed E-state index contributed by atoms with van der Waals surface area (Å²) >= 11 is 0. The molecule has 3 aliphatic rings. The minimum absolute atomic E-state index is 0. The fourth-order valence-corrected chi connectivity index (χ4v) is 6.91. The molecule has 2 aliphatic heterocycles. The lowest BCUT2D eigenvalue weighted by molar-refractivity contribution is -0.169. The van der Waals surface area contributed by atoms with E-state index in [0.717, 1.165) is 24.8 Å². The van der Waals surface area contributed by atoms with Gasteiger partial charge in [0.2, 0.25) is 11.7 Å². The highest BCUT2D eigenvalue weighted by atomic mass is 16.6. The van der Waals surface area contributed by atoms with E-state index >= 15 is 0 Å². The van der Waals surface area contributed by atoms with Crippen LogP contribution in [0.2, 0.25) is 0 Å². The van der Waals surface area contributed by atoms with Gasteiger partial charge in [-0.15, -0.1) is 13.2 Å². The molecule has 1 aromatic carbocycles. The van der Waals surface area contributed by atoms with Crippen molar-refractivity contribution in [3.8, 4) is 0 Å². The van der Waals surface area contributed by atoms with E-state index in [9.17, 15) is 24.0 Å². The maximum absolute atomic E-state index is 13.9. The zero-order chi connectivity index (χ0) is 33.8. The number of likely N-dealkylation sites (tertiary alicyclic amines) is 1. The minimum atomic E-state index is -1.09. The van der Waals surface area contributed by atoms with Crippen molar-refractivity contribution in [2.75, 3.05) is 40.0 Å². The topological polar surface area (TPSA) is 129 Å². The molecule has 2 bridgehead atoms. The van der Waals surface area contributed by atoms with Crippen LogP contribution in [0.15, 0.2) is 55.6 Å². The van der Waals surface area contributed by atoms with Gasteiger partial charge in [-0.2, -0.15) is 0 Å². The quantitative estimate of drug-likeness (QED) is 0.127. The first-order valence-electron chi connectivity index (χ1n) is 16.6. The van der Waals surface area contributed by atoms with Gasteiger partial charge < -0.3 is 28.7 Å². The molecular formula is C37H52N2O9. The predicted molar refractivity (Wildman–Crippen MR) is 179 cm³/mol. The highest BCUT2D eigenvalue weighted by molar-refractivity contribution is 6.38. The van der Waals surface area contributed by atoms with Gasteiger partial charge in [0.15, 0.2) is 0 Å². The van der Waals surface area contributed by atoms with Crippen molar-refractivity contribution in [2.45, 2.75) is 90.0 Å². The molecule has 0 spiro atoms. The second-order valence-corrected chi connectivity index (χ2v) is 12.8. The molecule has 3 atom stereocenters. The van der Waals surface area contributed by atoms with Crippen LogP contribution in [0, 0.1) is 11.3 Å². The van der Waals surface area contributed by atoms with Crippen molar-refractivity contribution in [3.63, 3.8) is 0 Å². The van der Waals surface area contributed by atoms with Crippen LogP contribution in [0.4, 0.5) is 0 Å². The summed E-state index contributed by atoms with van der Waals surface area (Å²) in [5.41, 5.74) is -0.157. The number of amides is 2. The number of carbonyl (C=O) groups is 5. The molecule has 3 fully saturated rings. The summed E-state index contributed by atoms with van der Waals surface area (Å²) in [5, 5.41) is 0. The molecule has 0 N–H and O–H groups in total. The predicted octanol–water partition coefficient (Wildman–Crippen LogP) is 4.43. The monoisotopic (exact) mass is 668 g/mol. The number of piperazine rings is 1. The van der Waals surface area contributed by atoms with Crippen LogP contribution in [-0.4, -0.2) is 97.5 Å². The van der Waals surface area contributed by atoms with Crippen molar-refractivity contribution in [3.05, 3.63) is 61.2 Å². The van der Waals surface area contributed by atoms with Crippen LogP contribution in [0.1, 0.15) is 70.8 Å². The lowest BCUT2D eigenvalue weighted by atomic mass is 9.80. The molecule has 0 aromatic heterocycles. The molecule has 2 saturated heterocycles. The molecule has 11 heteroatoms. The number of ketones is 1. The highest BCUT2D eigenvalue weighted by Gasteiger charge is 2.52. The van der Waals surface area contributed by atoms with Crippen molar-refractivity contribution < 1.29 is 42.9 Å². The van der Waals surface area contributed by atoms with E-state index in [-0.39, 0.29) is 64.9 Å². The first kappa shape index (κ1) is 38.6. The largest absolute Gasteiger partial charge is 0.463 e. The number of fused-ring (bicyclic) bond motifs is 2. The third-order valence-corrected chi connectivity index (χ3v) is 9.41. The number of allylic oxidation sites excluding steroid dienone is 2. The zero-order valence-corrected chi connectivity index (χ0v) is 27.4. The van der Waals surface area contributed by atoms with Gasteiger partial charge in [0.05, 0.1) is 30.5 Å². The average Bonchev–Trinajstić information content (AvgIpc) is 3.57. The van der Waals surface area contributed by atoms with Crippen molar-refractivity contribution in [2.24, 2.45) is 11.3 Å². The molecule has 1 saturated carbocycles. The Morgan fingerprint density at radius 3 is 2.33 bits per heavy atom.